The van der Waals surface area contributed by atoms with Crippen LogP contribution in [0.5, 0.6) is 0 Å². The summed E-state index contributed by atoms with van der Waals surface area (Å²) in [6, 6.07) is 10.3. The molecule has 0 spiro atoms. The zero-order valence-corrected chi connectivity index (χ0v) is 12.0. The standard InChI is InChI=1S/C14H13BrN2O2/c1-10-8-11(5-6-12(10)15)16-13(18)9-17-7-3-2-4-14(17)19/h2-8H,9H2,1H3,(H,16,18). The molecule has 0 aliphatic rings. The summed E-state index contributed by atoms with van der Waals surface area (Å²) in [4.78, 5) is 23.3. The van der Waals surface area contributed by atoms with Crippen molar-refractivity contribution in [2.75, 3.05) is 5.32 Å². The van der Waals surface area contributed by atoms with E-state index in [2.05, 4.69) is 21.2 Å². The van der Waals surface area contributed by atoms with Crippen LogP contribution in [0.3, 0.4) is 0 Å². The minimum absolute atomic E-state index is 0.00872. The van der Waals surface area contributed by atoms with Crippen molar-refractivity contribution in [3.8, 4) is 0 Å². The van der Waals surface area contributed by atoms with Gasteiger partial charge in [-0.3, -0.25) is 9.59 Å². The first-order valence-corrected chi connectivity index (χ1v) is 6.57. The van der Waals surface area contributed by atoms with Crippen LogP contribution in [0.1, 0.15) is 5.56 Å². The zero-order chi connectivity index (χ0) is 13.8. The number of benzene rings is 1. The number of hydrogen-bond acceptors (Lipinski definition) is 2. The van der Waals surface area contributed by atoms with Gasteiger partial charge < -0.3 is 9.88 Å². The molecule has 0 atom stereocenters. The van der Waals surface area contributed by atoms with Gasteiger partial charge in [0.1, 0.15) is 6.54 Å². The summed E-state index contributed by atoms with van der Waals surface area (Å²) in [5.41, 5.74) is 1.56. The van der Waals surface area contributed by atoms with Crippen LogP contribution in [0, 0.1) is 6.92 Å². The molecular formula is C14H13BrN2O2. The summed E-state index contributed by atoms with van der Waals surface area (Å²) in [7, 11) is 0. The third-order valence-corrected chi connectivity index (χ3v) is 3.54. The molecule has 98 valence electrons. The van der Waals surface area contributed by atoms with E-state index in [9.17, 15) is 9.59 Å². The molecule has 19 heavy (non-hydrogen) atoms. The first kappa shape index (κ1) is 13.5. The highest BCUT2D eigenvalue weighted by molar-refractivity contribution is 9.10. The van der Waals surface area contributed by atoms with E-state index >= 15 is 0 Å². The van der Waals surface area contributed by atoms with E-state index in [1.807, 2.05) is 25.1 Å². The Morgan fingerprint density at radius 2 is 2.11 bits per heavy atom. The number of nitrogens with one attached hydrogen (secondary N) is 1. The number of aryl methyl sites for hydroxylation is 1. The predicted octanol–water partition coefficient (Wildman–Crippen LogP) is 2.56. The molecule has 0 aliphatic heterocycles. The lowest BCUT2D eigenvalue weighted by Crippen LogP contribution is -2.26. The molecule has 1 heterocycles. The second kappa shape index (κ2) is 5.84. The Balaban J connectivity index is 2.08. The van der Waals surface area contributed by atoms with Crippen molar-refractivity contribution in [3.05, 3.63) is 63.0 Å². The minimum Gasteiger partial charge on any atom is -0.325 e. The zero-order valence-electron chi connectivity index (χ0n) is 10.4. The van der Waals surface area contributed by atoms with E-state index in [0.29, 0.717) is 0 Å². The largest absolute Gasteiger partial charge is 0.325 e. The molecule has 0 bridgehead atoms. The second-order valence-corrected chi connectivity index (χ2v) is 5.03. The van der Waals surface area contributed by atoms with Crippen LogP contribution < -0.4 is 10.9 Å². The van der Waals surface area contributed by atoms with E-state index in [1.165, 1.54) is 10.6 Å². The average molecular weight is 321 g/mol. The van der Waals surface area contributed by atoms with Gasteiger partial charge in [-0.2, -0.15) is 0 Å². The number of amides is 1. The molecule has 1 amide bonds. The lowest BCUT2D eigenvalue weighted by atomic mass is 10.2. The lowest BCUT2D eigenvalue weighted by molar-refractivity contribution is -0.116. The molecule has 0 unspecified atom stereocenters. The van der Waals surface area contributed by atoms with Crippen molar-refractivity contribution in [1.82, 2.24) is 4.57 Å². The smallest absolute Gasteiger partial charge is 0.250 e. The van der Waals surface area contributed by atoms with Crippen LogP contribution in [0.25, 0.3) is 0 Å². The number of aromatic nitrogens is 1. The fourth-order valence-electron chi connectivity index (χ4n) is 1.67. The third-order valence-electron chi connectivity index (χ3n) is 2.65. The van der Waals surface area contributed by atoms with Gasteiger partial charge in [-0.25, -0.2) is 0 Å². The number of carbonyl (C=O) groups excluding carboxylic acids is 1. The Kier molecular flexibility index (Phi) is 4.16. The maximum Gasteiger partial charge on any atom is 0.250 e. The Morgan fingerprint density at radius 1 is 1.32 bits per heavy atom. The van der Waals surface area contributed by atoms with Gasteiger partial charge in [0, 0.05) is 22.4 Å². The van der Waals surface area contributed by atoms with Crippen molar-refractivity contribution in [2.45, 2.75) is 13.5 Å². The van der Waals surface area contributed by atoms with Crippen LogP contribution in [-0.2, 0) is 11.3 Å². The monoisotopic (exact) mass is 320 g/mol. The van der Waals surface area contributed by atoms with Gasteiger partial charge in [0.15, 0.2) is 0 Å². The first-order valence-electron chi connectivity index (χ1n) is 5.78. The topological polar surface area (TPSA) is 51.1 Å². The van der Waals surface area contributed by atoms with Crippen molar-refractivity contribution in [2.24, 2.45) is 0 Å². The Morgan fingerprint density at radius 3 is 2.79 bits per heavy atom. The molecule has 0 fully saturated rings. The van der Waals surface area contributed by atoms with Crippen molar-refractivity contribution < 1.29 is 4.79 Å². The highest BCUT2D eigenvalue weighted by Crippen LogP contribution is 2.19. The highest BCUT2D eigenvalue weighted by Gasteiger charge is 2.05. The van der Waals surface area contributed by atoms with Gasteiger partial charge in [-0.05, 0) is 36.8 Å². The van der Waals surface area contributed by atoms with E-state index in [1.54, 1.807) is 18.3 Å². The summed E-state index contributed by atoms with van der Waals surface area (Å²) >= 11 is 3.40. The number of rotatable bonds is 3. The van der Waals surface area contributed by atoms with Gasteiger partial charge in [-0.15, -0.1) is 0 Å². The first-order chi connectivity index (χ1) is 9.06. The maximum atomic E-state index is 11.8. The number of carbonyl (C=O) groups is 1. The number of hydrogen-bond donors (Lipinski definition) is 1. The number of anilines is 1. The van der Waals surface area contributed by atoms with Crippen LogP contribution in [0.15, 0.2) is 51.9 Å². The van der Waals surface area contributed by atoms with E-state index < -0.39 is 0 Å². The quantitative estimate of drug-likeness (QED) is 0.944. The molecule has 1 N–H and O–H groups in total. The summed E-state index contributed by atoms with van der Waals surface area (Å²) in [6.45, 7) is 1.95. The van der Waals surface area contributed by atoms with Crippen LogP contribution in [0.4, 0.5) is 5.69 Å². The maximum absolute atomic E-state index is 11.8. The average Bonchev–Trinajstić information content (AvgIpc) is 2.37. The van der Waals surface area contributed by atoms with Crippen molar-refractivity contribution >= 4 is 27.5 Å². The number of nitrogens with zero attached hydrogens (tertiary/aromatic N) is 1. The Labute approximate surface area is 119 Å². The summed E-state index contributed by atoms with van der Waals surface area (Å²) < 4.78 is 2.35. The number of halogens is 1. The Hall–Kier alpha value is -1.88. The Bertz CT molecular complexity index is 664. The highest BCUT2D eigenvalue weighted by atomic mass is 79.9. The normalized spacial score (nSPS) is 10.2. The molecule has 0 radical (unpaired) electrons. The number of pyridine rings is 1. The van der Waals surface area contributed by atoms with Gasteiger partial charge in [0.2, 0.25) is 5.91 Å². The molecule has 0 aliphatic carbocycles. The summed E-state index contributed by atoms with van der Waals surface area (Å²) in [5.74, 6) is -0.227. The third kappa shape index (κ3) is 3.54. The van der Waals surface area contributed by atoms with Crippen molar-refractivity contribution in [3.63, 3.8) is 0 Å². The summed E-state index contributed by atoms with van der Waals surface area (Å²) in [6.07, 6.45) is 1.59. The van der Waals surface area contributed by atoms with Crippen LogP contribution in [0.2, 0.25) is 0 Å². The predicted molar refractivity (Wildman–Crippen MR) is 78.2 cm³/mol. The van der Waals surface area contributed by atoms with E-state index in [0.717, 1.165) is 15.7 Å². The van der Waals surface area contributed by atoms with Crippen LogP contribution in [-0.4, -0.2) is 10.5 Å². The van der Waals surface area contributed by atoms with Gasteiger partial charge in [0.25, 0.3) is 5.56 Å². The molecule has 5 heteroatoms. The van der Waals surface area contributed by atoms with Crippen LogP contribution >= 0.6 is 15.9 Å². The lowest BCUT2D eigenvalue weighted by Gasteiger charge is -2.08. The van der Waals surface area contributed by atoms with Gasteiger partial charge in [0.05, 0.1) is 0 Å². The van der Waals surface area contributed by atoms with Gasteiger partial charge >= 0.3 is 0 Å². The molecule has 2 aromatic rings. The molecule has 2 rings (SSSR count). The van der Waals surface area contributed by atoms with Gasteiger partial charge in [-0.1, -0.05) is 22.0 Å². The minimum atomic E-state index is -0.227. The SMILES string of the molecule is Cc1cc(NC(=O)Cn2ccccc2=O)ccc1Br. The molecule has 1 aromatic carbocycles. The molecule has 0 saturated heterocycles. The molecule has 0 saturated carbocycles. The fourth-order valence-corrected chi connectivity index (χ4v) is 1.92. The molecular weight excluding hydrogens is 308 g/mol. The van der Waals surface area contributed by atoms with E-state index in [4.69, 9.17) is 0 Å². The molecule has 1 aromatic heterocycles. The summed E-state index contributed by atoms with van der Waals surface area (Å²) in [5, 5.41) is 2.77. The van der Waals surface area contributed by atoms with Crippen molar-refractivity contribution in [1.29, 1.82) is 0 Å². The van der Waals surface area contributed by atoms with E-state index in [-0.39, 0.29) is 18.0 Å². The second-order valence-electron chi connectivity index (χ2n) is 4.18. The fraction of sp³-hybridized carbons (Fsp3) is 0.143. The molecule has 4 nitrogen and oxygen atoms in total.